The second-order valence-corrected chi connectivity index (χ2v) is 6.63. The van der Waals surface area contributed by atoms with Gasteiger partial charge in [0.25, 0.3) is 5.91 Å². The van der Waals surface area contributed by atoms with Crippen LogP contribution in [0.5, 0.6) is 0 Å². The number of carbonyl (C=O) groups is 1. The van der Waals surface area contributed by atoms with Crippen molar-refractivity contribution in [3.63, 3.8) is 0 Å². The van der Waals surface area contributed by atoms with Crippen LogP contribution in [0.2, 0.25) is 0 Å². The van der Waals surface area contributed by atoms with E-state index in [1.807, 2.05) is 24.3 Å². The van der Waals surface area contributed by atoms with Gasteiger partial charge in [0.05, 0.1) is 5.70 Å². The first-order valence-electron chi connectivity index (χ1n) is 9.05. The number of benzene rings is 1. The lowest BCUT2D eigenvalue weighted by molar-refractivity contribution is -0.112. The first kappa shape index (κ1) is 20.4. The molecule has 27 heavy (non-hydrogen) atoms. The summed E-state index contributed by atoms with van der Waals surface area (Å²) in [6, 6.07) is 7.78. The molecule has 0 saturated heterocycles. The highest BCUT2D eigenvalue weighted by Gasteiger charge is 2.15. The van der Waals surface area contributed by atoms with Crippen molar-refractivity contribution in [1.29, 1.82) is 0 Å². The van der Waals surface area contributed by atoms with E-state index in [2.05, 4.69) is 36.0 Å². The Hall–Kier alpha value is -2.93. The van der Waals surface area contributed by atoms with Gasteiger partial charge in [0.1, 0.15) is 5.83 Å². The molecule has 0 spiro atoms. The highest BCUT2D eigenvalue weighted by Crippen LogP contribution is 2.24. The van der Waals surface area contributed by atoms with E-state index >= 15 is 0 Å². The summed E-state index contributed by atoms with van der Waals surface area (Å²) in [5.41, 5.74) is 2.70. The van der Waals surface area contributed by atoms with Crippen LogP contribution < -0.4 is 5.32 Å². The maximum atomic E-state index is 13.8. The van der Waals surface area contributed by atoms with Crippen LogP contribution in [-0.4, -0.2) is 12.1 Å². The van der Waals surface area contributed by atoms with Crippen LogP contribution in [0.1, 0.15) is 45.6 Å². The van der Waals surface area contributed by atoms with Gasteiger partial charge in [0, 0.05) is 35.9 Å². The second kappa shape index (κ2) is 9.68. The lowest BCUT2D eigenvalue weighted by Gasteiger charge is -2.13. The minimum Gasteiger partial charge on any atom is -0.322 e. The van der Waals surface area contributed by atoms with Gasteiger partial charge in [-0.2, -0.15) is 0 Å². The van der Waals surface area contributed by atoms with Gasteiger partial charge in [-0.05, 0) is 37.5 Å². The van der Waals surface area contributed by atoms with Crippen LogP contribution in [0.3, 0.4) is 0 Å². The van der Waals surface area contributed by atoms with Crippen molar-refractivity contribution in [1.82, 2.24) is 0 Å². The third kappa shape index (κ3) is 5.79. The summed E-state index contributed by atoms with van der Waals surface area (Å²) in [5.74, 6) is 5.39. The molecule has 1 aromatic rings. The molecule has 4 heteroatoms. The van der Waals surface area contributed by atoms with Crippen LogP contribution >= 0.6 is 0 Å². The molecule has 140 valence electrons. The van der Waals surface area contributed by atoms with Crippen LogP contribution in [-0.2, 0) is 4.79 Å². The van der Waals surface area contributed by atoms with Crippen molar-refractivity contribution in [2.24, 2.45) is 10.9 Å². The number of hydrogen-bond acceptors (Lipinski definition) is 2. The third-order valence-corrected chi connectivity index (χ3v) is 4.23. The van der Waals surface area contributed by atoms with Crippen LogP contribution in [0.25, 0.3) is 0 Å². The summed E-state index contributed by atoms with van der Waals surface area (Å²) in [7, 11) is 0. The fourth-order valence-electron chi connectivity index (χ4n) is 2.70. The first-order chi connectivity index (χ1) is 12.9. The molecule has 0 aliphatic heterocycles. The average Bonchev–Trinajstić information content (AvgIpc) is 2.60. The minimum atomic E-state index is -0.342. The predicted molar refractivity (Wildman–Crippen MR) is 110 cm³/mol. The largest absolute Gasteiger partial charge is 0.322 e. The number of rotatable bonds is 5. The molecule has 1 aliphatic rings. The molecule has 3 nitrogen and oxygen atoms in total. The molecule has 0 saturated carbocycles. The Morgan fingerprint density at radius 2 is 2.04 bits per heavy atom. The smallest absolute Gasteiger partial charge is 0.256 e. The Morgan fingerprint density at radius 1 is 1.33 bits per heavy atom. The summed E-state index contributed by atoms with van der Waals surface area (Å²) in [5, 5.41) is 2.88. The summed E-state index contributed by atoms with van der Waals surface area (Å²) >= 11 is 0. The molecule has 1 aliphatic carbocycles. The fraction of sp³-hybridized carbons (Fsp3) is 0.304. The minimum absolute atomic E-state index is 0.250. The van der Waals surface area contributed by atoms with Crippen LogP contribution in [0.4, 0.5) is 10.1 Å². The molecule has 0 bridgehead atoms. The number of nitrogens with zero attached hydrogens (tertiary/aromatic N) is 1. The van der Waals surface area contributed by atoms with E-state index in [1.165, 1.54) is 12.5 Å². The molecular formula is C23H25FN2O. The summed E-state index contributed by atoms with van der Waals surface area (Å²) in [6.07, 6.45) is 7.06. The van der Waals surface area contributed by atoms with Gasteiger partial charge < -0.3 is 5.32 Å². The van der Waals surface area contributed by atoms with Gasteiger partial charge in [-0.3, -0.25) is 9.79 Å². The van der Waals surface area contributed by atoms with Gasteiger partial charge >= 0.3 is 0 Å². The zero-order valence-electron chi connectivity index (χ0n) is 16.2. The Kier molecular flexibility index (Phi) is 7.31. The number of halogens is 1. The SMILES string of the molecule is CC=N/C(=C(\C)F)C1/C=C\C(C(=O)Nc2ccc(C(C)C)cc2)=C/C#CC1. The molecule has 2 rings (SSSR count). The van der Waals surface area contributed by atoms with Crippen LogP contribution in [0, 0.1) is 17.8 Å². The van der Waals surface area contributed by atoms with E-state index in [1.54, 1.807) is 31.4 Å². The number of aliphatic imine (C=N–C) groups is 1. The molecule has 1 unspecified atom stereocenters. The maximum Gasteiger partial charge on any atom is 0.256 e. The van der Waals surface area contributed by atoms with Gasteiger partial charge in [0.15, 0.2) is 0 Å². The number of carbonyl (C=O) groups excluding carboxylic acids is 1. The molecule has 0 radical (unpaired) electrons. The summed E-state index contributed by atoms with van der Waals surface area (Å²) in [6.45, 7) is 7.37. The lowest BCUT2D eigenvalue weighted by Crippen LogP contribution is -2.14. The lowest BCUT2D eigenvalue weighted by atomic mass is 9.97. The Labute approximate surface area is 160 Å². The molecule has 0 heterocycles. The number of hydrogen-bond donors (Lipinski definition) is 1. The van der Waals surface area contributed by atoms with E-state index in [9.17, 15) is 9.18 Å². The average molecular weight is 364 g/mol. The molecule has 1 amide bonds. The molecular weight excluding hydrogens is 339 g/mol. The van der Waals surface area contributed by atoms with Crippen molar-refractivity contribution < 1.29 is 9.18 Å². The zero-order valence-corrected chi connectivity index (χ0v) is 16.2. The van der Waals surface area contributed by atoms with E-state index < -0.39 is 0 Å². The summed E-state index contributed by atoms with van der Waals surface area (Å²) < 4.78 is 13.8. The Balaban J connectivity index is 2.17. The van der Waals surface area contributed by atoms with Crippen molar-refractivity contribution in [2.75, 3.05) is 5.32 Å². The van der Waals surface area contributed by atoms with Crippen molar-refractivity contribution in [3.05, 3.63) is 65.2 Å². The first-order valence-corrected chi connectivity index (χ1v) is 9.05. The third-order valence-electron chi connectivity index (χ3n) is 4.23. The van der Waals surface area contributed by atoms with Gasteiger partial charge in [0.2, 0.25) is 0 Å². The number of anilines is 1. The number of amides is 1. The zero-order chi connectivity index (χ0) is 19.8. The fourth-order valence-corrected chi connectivity index (χ4v) is 2.70. The van der Waals surface area contributed by atoms with E-state index in [4.69, 9.17) is 0 Å². The highest BCUT2D eigenvalue weighted by molar-refractivity contribution is 6.06. The van der Waals surface area contributed by atoms with Gasteiger partial charge in [-0.15, -0.1) is 0 Å². The molecule has 0 aromatic heterocycles. The topological polar surface area (TPSA) is 41.5 Å². The number of allylic oxidation sites excluding steroid dienone is 3. The van der Waals surface area contributed by atoms with E-state index in [0.717, 1.165) is 5.69 Å². The van der Waals surface area contributed by atoms with Crippen LogP contribution in [0.15, 0.2) is 64.6 Å². The molecule has 0 fully saturated rings. The standard InChI is InChI=1S/C23H25FN2O/c1-5-25-22(17(4)24)19-8-6-7-9-20(11-10-19)23(27)26-21-14-12-18(13-15-21)16(2)3/h5,9-16,19H,8H2,1-4H3,(H,26,27)/b11-10-,20-9+,22-17+,25-5?. The quantitative estimate of drug-likeness (QED) is 0.540. The summed E-state index contributed by atoms with van der Waals surface area (Å²) in [4.78, 5) is 16.7. The Morgan fingerprint density at radius 3 is 2.63 bits per heavy atom. The van der Waals surface area contributed by atoms with Gasteiger partial charge in [-0.1, -0.05) is 50.0 Å². The number of nitrogens with one attached hydrogen (secondary N) is 1. The predicted octanol–water partition coefficient (Wildman–Crippen LogP) is 5.55. The monoisotopic (exact) mass is 364 g/mol. The second-order valence-electron chi connectivity index (χ2n) is 6.63. The van der Waals surface area contributed by atoms with E-state index in [0.29, 0.717) is 23.6 Å². The van der Waals surface area contributed by atoms with Crippen molar-refractivity contribution in [2.45, 2.75) is 40.0 Å². The van der Waals surface area contributed by atoms with E-state index in [-0.39, 0.29) is 17.7 Å². The maximum absolute atomic E-state index is 13.8. The van der Waals surface area contributed by atoms with Crippen molar-refractivity contribution in [3.8, 4) is 11.8 Å². The Bertz CT molecular complexity index is 858. The van der Waals surface area contributed by atoms with Crippen molar-refractivity contribution >= 4 is 17.8 Å². The highest BCUT2D eigenvalue weighted by atomic mass is 19.1. The molecule has 1 N–H and O–H groups in total. The molecule has 1 aromatic carbocycles. The van der Waals surface area contributed by atoms with Gasteiger partial charge in [-0.25, -0.2) is 4.39 Å². The normalized spacial score (nSPS) is 20.7. The molecule has 1 atom stereocenters.